The second-order valence-electron chi connectivity index (χ2n) is 6.30. The van der Waals surface area contributed by atoms with E-state index in [0.717, 1.165) is 35.6 Å². The van der Waals surface area contributed by atoms with Crippen molar-refractivity contribution < 1.29 is 9.53 Å². The minimum atomic E-state index is 0.102. The highest BCUT2D eigenvalue weighted by atomic mass is 16.5. The minimum absolute atomic E-state index is 0.102. The number of nitrogens with zero attached hydrogens (tertiary/aromatic N) is 2. The van der Waals surface area contributed by atoms with Crippen molar-refractivity contribution in [3.63, 3.8) is 0 Å². The maximum absolute atomic E-state index is 11.7. The third kappa shape index (κ3) is 4.23. The van der Waals surface area contributed by atoms with Crippen molar-refractivity contribution in [2.45, 2.75) is 32.7 Å². The molecule has 0 aliphatic carbocycles. The normalized spacial score (nSPS) is 10.8. The molecule has 0 radical (unpaired) electrons. The van der Waals surface area contributed by atoms with Crippen LogP contribution in [-0.2, 0) is 17.8 Å². The molecule has 2 aromatic carbocycles. The molecule has 0 fully saturated rings. The largest absolute Gasteiger partial charge is 0.497 e. The van der Waals surface area contributed by atoms with Gasteiger partial charge in [0.25, 0.3) is 0 Å². The Morgan fingerprint density at radius 3 is 2.65 bits per heavy atom. The topological polar surface area (TPSA) is 56.2 Å². The molecule has 0 aliphatic heterocycles. The second-order valence-corrected chi connectivity index (χ2v) is 6.30. The fourth-order valence-electron chi connectivity index (χ4n) is 3.04. The van der Waals surface area contributed by atoms with Gasteiger partial charge in [-0.2, -0.15) is 0 Å². The maximum Gasteiger partial charge on any atom is 0.219 e. The number of rotatable bonds is 8. The van der Waals surface area contributed by atoms with Crippen LogP contribution >= 0.6 is 0 Å². The number of imidazole rings is 1. The lowest BCUT2D eigenvalue weighted by Gasteiger charge is -2.11. The fraction of sp³-hybridized carbons (Fsp3) is 0.333. The fourth-order valence-corrected chi connectivity index (χ4v) is 3.04. The number of nitrogens with one attached hydrogen (secondary N) is 1. The molecule has 5 heteroatoms. The number of hydrogen-bond acceptors (Lipinski definition) is 3. The van der Waals surface area contributed by atoms with Gasteiger partial charge in [0.05, 0.1) is 18.1 Å². The number of carbonyl (C=O) groups excluding carboxylic acids is 1. The van der Waals surface area contributed by atoms with E-state index < -0.39 is 0 Å². The number of carbonyl (C=O) groups is 1. The van der Waals surface area contributed by atoms with Crippen LogP contribution < -0.4 is 10.1 Å². The molecule has 3 rings (SSSR count). The lowest BCUT2D eigenvalue weighted by molar-refractivity contribution is -0.121. The summed E-state index contributed by atoms with van der Waals surface area (Å²) in [6, 6.07) is 16.2. The van der Waals surface area contributed by atoms with E-state index in [-0.39, 0.29) is 5.91 Å². The Kier molecular flexibility index (Phi) is 5.89. The van der Waals surface area contributed by atoms with Crippen LogP contribution in [0, 0.1) is 0 Å². The number of ether oxygens (including phenoxy) is 1. The zero-order valence-electron chi connectivity index (χ0n) is 15.4. The van der Waals surface area contributed by atoms with Gasteiger partial charge in [0.2, 0.25) is 5.91 Å². The van der Waals surface area contributed by atoms with Crippen molar-refractivity contribution in [1.82, 2.24) is 14.9 Å². The number of hydrogen-bond donors (Lipinski definition) is 1. The van der Waals surface area contributed by atoms with Crippen molar-refractivity contribution >= 4 is 16.9 Å². The molecule has 0 aliphatic rings. The molecule has 0 atom stereocenters. The summed E-state index contributed by atoms with van der Waals surface area (Å²) >= 11 is 0. The van der Waals surface area contributed by atoms with Crippen LogP contribution in [0.4, 0.5) is 0 Å². The molecule has 136 valence electrons. The van der Waals surface area contributed by atoms with Crippen LogP contribution in [0.1, 0.15) is 31.2 Å². The highest BCUT2D eigenvalue weighted by Crippen LogP contribution is 2.19. The summed E-state index contributed by atoms with van der Waals surface area (Å²) in [6.45, 7) is 3.35. The molecule has 1 N–H and O–H groups in total. The van der Waals surface area contributed by atoms with Gasteiger partial charge in [0.1, 0.15) is 11.6 Å². The SMILES string of the molecule is CCCC(=O)NCCc1nc2ccccc2n1Cc1ccc(OC)cc1. The lowest BCUT2D eigenvalue weighted by Crippen LogP contribution is -2.26. The van der Waals surface area contributed by atoms with E-state index >= 15 is 0 Å². The van der Waals surface area contributed by atoms with E-state index in [1.807, 2.05) is 37.3 Å². The summed E-state index contributed by atoms with van der Waals surface area (Å²) in [5.74, 6) is 1.94. The third-order valence-corrected chi connectivity index (χ3v) is 4.38. The summed E-state index contributed by atoms with van der Waals surface area (Å²) in [4.78, 5) is 16.5. The van der Waals surface area contributed by atoms with Crippen LogP contribution in [0.15, 0.2) is 48.5 Å². The van der Waals surface area contributed by atoms with Gasteiger partial charge < -0.3 is 14.6 Å². The number of benzene rings is 2. The van der Waals surface area contributed by atoms with Gasteiger partial charge in [-0.25, -0.2) is 4.98 Å². The van der Waals surface area contributed by atoms with Crippen molar-refractivity contribution in [2.24, 2.45) is 0 Å². The summed E-state index contributed by atoms with van der Waals surface area (Å²) in [7, 11) is 1.67. The Morgan fingerprint density at radius 1 is 1.15 bits per heavy atom. The monoisotopic (exact) mass is 351 g/mol. The van der Waals surface area contributed by atoms with Crippen LogP contribution in [0.25, 0.3) is 11.0 Å². The maximum atomic E-state index is 11.7. The van der Waals surface area contributed by atoms with Crippen molar-refractivity contribution in [1.29, 1.82) is 0 Å². The molecule has 26 heavy (non-hydrogen) atoms. The molecular formula is C21H25N3O2. The predicted octanol–water partition coefficient (Wildman–Crippen LogP) is 3.55. The zero-order valence-corrected chi connectivity index (χ0v) is 15.4. The van der Waals surface area contributed by atoms with Gasteiger partial charge in [0, 0.05) is 25.9 Å². The Labute approximate surface area is 154 Å². The number of methoxy groups -OCH3 is 1. The first-order valence-corrected chi connectivity index (χ1v) is 9.05. The van der Waals surface area contributed by atoms with E-state index in [9.17, 15) is 4.79 Å². The van der Waals surface area contributed by atoms with Crippen LogP contribution in [0.2, 0.25) is 0 Å². The molecule has 0 unspecified atom stereocenters. The molecule has 1 amide bonds. The Balaban J connectivity index is 1.80. The lowest BCUT2D eigenvalue weighted by atomic mass is 10.2. The highest BCUT2D eigenvalue weighted by Gasteiger charge is 2.11. The highest BCUT2D eigenvalue weighted by molar-refractivity contribution is 5.76. The molecule has 5 nitrogen and oxygen atoms in total. The first-order chi connectivity index (χ1) is 12.7. The van der Waals surface area contributed by atoms with E-state index in [0.29, 0.717) is 19.4 Å². The smallest absolute Gasteiger partial charge is 0.219 e. The first kappa shape index (κ1) is 18.0. The average Bonchev–Trinajstić information content (AvgIpc) is 3.00. The van der Waals surface area contributed by atoms with Gasteiger partial charge in [0.15, 0.2) is 0 Å². The molecule has 0 saturated heterocycles. The third-order valence-electron chi connectivity index (χ3n) is 4.38. The molecule has 0 spiro atoms. The average molecular weight is 351 g/mol. The number of para-hydroxylation sites is 2. The summed E-state index contributed by atoms with van der Waals surface area (Å²) in [5, 5.41) is 2.97. The molecular weight excluding hydrogens is 326 g/mol. The van der Waals surface area contributed by atoms with Gasteiger partial charge >= 0.3 is 0 Å². The summed E-state index contributed by atoms with van der Waals surface area (Å²) in [6.07, 6.45) is 2.14. The molecule has 0 bridgehead atoms. The van der Waals surface area contributed by atoms with Crippen LogP contribution in [-0.4, -0.2) is 29.1 Å². The molecule has 0 saturated carbocycles. The van der Waals surface area contributed by atoms with E-state index in [4.69, 9.17) is 9.72 Å². The van der Waals surface area contributed by atoms with Crippen LogP contribution in [0.5, 0.6) is 5.75 Å². The Bertz CT molecular complexity index is 869. The summed E-state index contributed by atoms with van der Waals surface area (Å²) < 4.78 is 7.46. The van der Waals surface area contributed by atoms with E-state index in [1.165, 1.54) is 5.56 Å². The quantitative estimate of drug-likeness (QED) is 0.675. The van der Waals surface area contributed by atoms with Crippen molar-refractivity contribution in [2.75, 3.05) is 13.7 Å². The number of fused-ring (bicyclic) bond motifs is 1. The number of amides is 1. The van der Waals surface area contributed by atoms with Crippen molar-refractivity contribution in [3.8, 4) is 5.75 Å². The number of aromatic nitrogens is 2. The summed E-state index contributed by atoms with van der Waals surface area (Å²) in [5.41, 5.74) is 3.28. The van der Waals surface area contributed by atoms with E-state index in [2.05, 4.69) is 28.1 Å². The van der Waals surface area contributed by atoms with Crippen molar-refractivity contribution in [3.05, 3.63) is 59.9 Å². The Hall–Kier alpha value is -2.82. The standard InChI is InChI=1S/C21H25N3O2/c1-3-6-21(25)22-14-13-20-23-18-7-4-5-8-19(18)24(20)15-16-9-11-17(26-2)12-10-16/h4-5,7-12H,3,6,13-15H2,1-2H3,(H,22,25). The zero-order chi connectivity index (χ0) is 18.4. The van der Waals surface area contributed by atoms with Crippen LogP contribution in [0.3, 0.4) is 0 Å². The molecule has 3 aromatic rings. The molecule has 1 heterocycles. The minimum Gasteiger partial charge on any atom is -0.497 e. The van der Waals surface area contributed by atoms with Gasteiger partial charge in [-0.15, -0.1) is 0 Å². The second kappa shape index (κ2) is 8.52. The Morgan fingerprint density at radius 2 is 1.92 bits per heavy atom. The molecule has 1 aromatic heterocycles. The first-order valence-electron chi connectivity index (χ1n) is 9.05. The van der Waals surface area contributed by atoms with Gasteiger partial charge in [-0.1, -0.05) is 31.2 Å². The van der Waals surface area contributed by atoms with Gasteiger partial charge in [-0.3, -0.25) is 4.79 Å². The van der Waals surface area contributed by atoms with E-state index in [1.54, 1.807) is 7.11 Å². The van der Waals surface area contributed by atoms with Gasteiger partial charge in [-0.05, 0) is 36.2 Å². The predicted molar refractivity (Wildman–Crippen MR) is 103 cm³/mol.